The van der Waals surface area contributed by atoms with E-state index in [-0.39, 0.29) is 54.7 Å². The van der Waals surface area contributed by atoms with E-state index in [1.54, 1.807) is 24.3 Å². The van der Waals surface area contributed by atoms with E-state index in [9.17, 15) is 24.6 Å². The Balaban J connectivity index is 1.55. The highest BCUT2D eigenvalue weighted by Gasteiger charge is 2.60. The van der Waals surface area contributed by atoms with Crippen LogP contribution in [-0.4, -0.2) is 90.7 Å². The highest BCUT2D eigenvalue weighted by molar-refractivity contribution is 8.03. The molecule has 12 heteroatoms. The number of amides is 2. The number of β-lactam (4-membered cyclic amide) rings is 1. The molecule has 39 heavy (non-hydrogen) atoms. The van der Waals surface area contributed by atoms with E-state index in [2.05, 4.69) is 18.1 Å². The molecule has 2 N–H and O–H groups in total. The van der Waals surface area contributed by atoms with Crippen LogP contribution in [0.15, 0.2) is 48.4 Å². The molecule has 0 bridgehead atoms. The van der Waals surface area contributed by atoms with E-state index in [0.29, 0.717) is 31.6 Å². The number of esters is 1. The third-order valence-corrected chi connectivity index (χ3v) is 8.93. The van der Waals surface area contributed by atoms with Gasteiger partial charge in [-0.2, -0.15) is 0 Å². The average molecular weight is 561 g/mol. The molecule has 3 aliphatic heterocycles. The molecule has 0 saturated carbocycles. The molecule has 0 aliphatic carbocycles. The minimum Gasteiger partial charge on any atom is -0.457 e. The number of rotatable bonds is 12. The molecule has 2 fully saturated rings. The lowest BCUT2D eigenvalue weighted by molar-refractivity contribution is -0.164. The molecule has 0 spiro atoms. The van der Waals surface area contributed by atoms with Gasteiger partial charge < -0.3 is 34.1 Å². The van der Waals surface area contributed by atoms with Crippen molar-refractivity contribution < 1.29 is 34.1 Å². The lowest BCUT2D eigenvalue weighted by Crippen LogP contribution is -2.63. The van der Waals surface area contributed by atoms with E-state index >= 15 is 0 Å². The van der Waals surface area contributed by atoms with Crippen molar-refractivity contribution in [2.24, 2.45) is 11.8 Å². The Kier molecular flexibility index (Phi) is 9.19. The van der Waals surface area contributed by atoms with Crippen molar-refractivity contribution in [2.75, 3.05) is 19.8 Å². The largest absolute Gasteiger partial charge is 0.457 e. The second-order valence-electron chi connectivity index (χ2n) is 10.1. The first kappa shape index (κ1) is 28.9. The van der Waals surface area contributed by atoms with Crippen molar-refractivity contribution in [3.8, 4) is 0 Å². The number of thioether (sulfide) groups is 1. The molecule has 2 saturated heterocycles. The summed E-state index contributed by atoms with van der Waals surface area (Å²) < 4.78 is 12.6. The van der Waals surface area contributed by atoms with E-state index < -0.39 is 24.1 Å². The first-order chi connectivity index (χ1) is 18.7. The summed E-state index contributed by atoms with van der Waals surface area (Å²) in [5.74, 6) is -1.65. The quantitative estimate of drug-likeness (QED) is 0.224. The highest BCUT2D eigenvalue weighted by atomic mass is 32.2. The number of carbonyl (C=O) groups is 3. The Morgan fingerprint density at radius 1 is 1.28 bits per heavy atom. The van der Waals surface area contributed by atoms with Gasteiger partial charge in [-0.1, -0.05) is 32.2 Å². The van der Waals surface area contributed by atoms with Crippen molar-refractivity contribution in [3.05, 3.63) is 54.1 Å². The number of fused-ring (bicyclic) bond motifs is 1. The van der Waals surface area contributed by atoms with E-state index in [1.165, 1.54) is 28.8 Å². The number of aliphatic hydroxyl groups excluding tert-OH is 2. The fourth-order valence-electron chi connectivity index (χ4n) is 5.63. The SMILES string of the molecule is C=CCOC(=O)C1=C(S[C@H]2C[C@@H](CCn3cnc(CO)c3)N(C(=O)OCC=C)C2)[C@H](C)[C@@H]2[C@@H]([C@@H](C)O)C(=O)N12. The zero-order valence-corrected chi connectivity index (χ0v) is 23.1. The summed E-state index contributed by atoms with van der Waals surface area (Å²) in [6.45, 7) is 11.7. The van der Waals surface area contributed by atoms with Gasteiger partial charge in [0.25, 0.3) is 0 Å². The molecule has 11 nitrogen and oxygen atoms in total. The number of ether oxygens (including phenoxy) is 2. The average Bonchev–Trinajstić information content (AvgIpc) is 3.60. The Bertz CT molecular complexity index is 1150. The van der Waals surface area contributed by atoms with Gasteiger partial charge in [-0.05, 0) is 19.8 Å². The fraction of sp³-hybridized carbons (Fsp3) is 0.556. The first-order valence-corrected chi connectivity index (χ1v) is 14.0. The lowest BCUT2D eigenvalue weighted by atomic mass is 9.79. The number of aliphatic hydroxyl groups is 2. The number of hydrogen-bond acceptors (Lipinski definition) is 9. The standard InChI is InChI=1S/C27H36N4O7S/c1-5-9-37-26(35)23-24(16(3)22-21(17(4)33)25(34)31(22)23)39-20-11-19(30(13-20)27(36)38-10-6-2)7-8-29-12-18(14-32)28-15-29/h5-6,12,15-17,19-22,32-33H,1-2,7-11,13-14H2,3-4H3/t16-,17-,19-,20+,21-,22-/m1/s1. The Morgan fingerprint density at radius 2 is 2.00 bits per heavy atom. The van der Waals surface area contributed by atoms with Crippen molar-refractivity contribution in [3.63, 3.8) is 0 Å². The Labute approximate surface area is 232 Å². The monoisotopic (exact) mass is 560 g/mol. The minimum atomic E-state index is -0.837. The Morgan fingerprint density at radius 3 is 2.64 bits per heavy atom. The summed E-state index contributed by atoms with van der Waals surface area (Å²) >= 11 is 1.49. The molecular weight excluding hydrogens is 524 g/mol. The Hall–Kier alpha value is -3.09. The van der Waals surface area contributed by atoms with Crippen LogP contribution in [0.25, 0.3) is 0 Å². The van der Waals surface area contributed by atoms with Crippen molar-refractivity contribution in [1.29, 1.82) is 0 Å². The number of nitrogens with zero attached hydrogens (tertiary/aromatic N) is 4. The minimum absolute atomic E-state index is 0.0157. The molecule has 6 atom stereocenters. The molecule has 4 heterocycles. The van der Waals surface area contributed by atoms with Crippen molar-refractivity contribution >= 4 is 29.7 Å². The zero-order valence-electron chi connectivity index (χ0n) is 22.3. The molecule has 1 aromatic heterocycles. The van der Waals surface area contributed by atoms with Gasteiger partial charge in [-0.25, -0.2) is 14.6 Å². The van der Waals surface area contributed by atoms with Crippen LogP contribution in [0.5, 0.6) is 0 Å². The number of hydrogen-bond donors (Lipinski definition) is 2. The molecule has 2 amide bonds. The van der Waals surface area contributed by atoms with Gasteiger partial charge in [-0.3, -0.25) is 4.79 Å². The fourth-order valence-corrected chi connectivity index (χ4v) is 7.19. The summed E-state index contributed by atoms with van der Waals surface area (Å²) in [7, 11) is 0. The van der Waals surface area contributed by atoms with Crippen LogP contribution in [0.1, 0.15) is 32.4 Å². The summed E-state index contributed by atoms with van der Waals surface area (Å²) in [4.78, 5) is 47.0. The van der Waals surface area contributed by atoms with Gasteiger partial charge in [0.1, 0.15) is 18.9 Å². The maximum Gasteiger partial charge on any atom is 0.410 e. The summed E-state index contributed by atoms with van der Waals surface area (Å²) in [5, 5.41) is 19.5. The molecule has 1 aromatic rings. The molecule has 212 valence electrons. The predicted octanol–water partition coefficient (Wildman–Crippen LogP) is 2.06. The highest BCUT2D eigenvalue weighted by Crippen LogP contribution is 2.52. The van der Waals surface area contributed by atoms with Crippen LogP contribution in [0.4, 0.5) is 4.79 Å². The van der Waals surface area contributed by atoms with Crippen LogP contribution in [0, 0.1) is 11.8 Å². The number of imidazole rings is 1. The number of aromatic nitrogens is 2. The maximum absolute atomic E-state index is 13.1. The number of carbonyl (C=O) groups excluding carboxylic acids is 3. The van der Waals surface area contributed by atoms with Gasteiger partial charge in [0.15, 0.2) is 0 Å². The molecule has 3 aliphatic rings. The summed E-state index contributed by atoms with van der Waals surface area (Å²) in [6, 6.07) is -0.448. The summed E-state index contributed by atoms with van der Waals surface area (Å²) in [5.41, 5.74) is 0.797. The van der Waals surface area contributed by atoms with Crippen LogP contribution in [-0.2, 0) is 32.2 Å². The topological polar surface area (TPSA) is 134 Å². The normalized spacial score (nSPS) is 26.8. The number of aryl methyl sites for hydroxylation is 1. The van der Waals surface area contributed by atoms with Crippen LogP contribution >= 0.6 is 11.8 Å². The second kappa shape index (κ2) is 12.4. The number of likely N-dealkylation sites (tertiary alicyclic amines) is 1. The third-order valence-electron chi connectivity index (χ3n) is 7.43. The lowest BCUT2D eigenvalue weighted by Gasteiger charge is -2.46. The van der Waals surface area contributed by atoms with Gasteiger partial charge in [0.05, 0.1) is 36.7 Å². The molecule has 0 unspecified atom stereocenters. The van der Waals surface area contributed by atoms with E-state index in [0.717, 1.165) is 4.91 Å². The van der Waals surface area contributed by atoms with Gasteiger partial charge >= 0.3 is 12.1 Å². The van der Waals surface area contributed by atoms with E-state index in [4.69, 9.17) is 9.47 Å². The van der Waals surface area contributed by atoms with Gasteiger partial charge in [-0.15, -0.1) is 11.8 Å². The first-order valence-electron chi connectivity index (χ1n) is 13.1. The third kappa shape index (κ3) is 5.78. The van der Waals surface area contributed by atoms with E-state index in [1.807, 2.05) is 11.5 Å². The molecule has 0 aromatic carbocycles. The second-order valence-corrected chi connectivity index (χ2v) is 11.4. The van der Waals surface area contributed by atoms with Crippen molar-refractivity contribution in [1.82, 2.24) is 19.4 Å². The van der Waals surface area contributed by atoms with Crippen LogP contribution in [0.2, 0.25) is 0 Å². The van der Waals surface area contributed by atoms with Gasteiger partial charge in [0, 0.05) is 41.4 Å². The van der Waals surface area contributed by atoms with Crippen molar-refractivity contribution in [2.45, 2.75) is 63.3 Å². The molecule has 0 radical (unpaired) electrons. The molecular formula is C27H36N4O7S. The van der Waals surface area contributed by atoms with Crippen LogP contribution < -0.4 is 0 Å². The maximum atomic E-state index is 13.1. The van der Waals surface area contributed by atoms with Crippen LogP contribution in [0.3, 0.4) is 0 Å². The van der Waals surface area contributed by atoms with Gasteiger partial charge in [0.2, 0.25) is 5.91 Å². The predicted molar refractivity (Wildman–Crippen MR) is 144 cm³/mol. The zero-order chi connectivity index (χ0) is 28.3. The smallest absolute Gasteiger partial charge is 0.410 e. The summed E-state index contributed by atoms with van der Waals surface area (Å²) in [6.07, 6.45) is 6.43. The molecule has 4 rings (SSSR count).